The van der Waals surface area contributed by atoms with Gasteiger partial charge in [-0.2, -0.15) is 0 Å². The standard InChI is InChI=1S/C10H17N/c1-10-4-9(10)6-11(7-10)5-8-2-3-8/h8-9H,2-7H2,1H3. The molecule has 62 valence electrons. The van der Waals surface area contributed by atoms with Gasteiger partial charge in [-0.05, 0) is 36.5 Å². The fourth-order valence-corrected chi connectivity index (χ4v) is 2.67. The van der Waals surface area contributed by atoms with E-state index in [-0.39, 0.29) is 0 Å². The van der Waals surface area contributed by atoms with Crippen molar-refractivity contribution in [1.29, 1.82) is 0 Å². The van der Waals surface area contributed by atoms with Crippen molar-refractivity contribution in [3.05, 3.63) is 0 Å². The molecule has 0 radical (unpaired) electrons. The molecule has 0 aromatic heterocycles. The maximum absolute atomic E-state index is 2.70. The van der Waals surface area contributed by atoms with Gasteiger partial charge in [0.1, 0.15) is 0 Å². The maximum Gasteiger partial charge on any atom is 0.00388 e. The maximum atomic E-state index is 2.70. The quantitative estimate of drug-likeness (QED) is 0.581. The molecule has 0 aromatic carbocycles. The molecule has 1 saturated heterocycles. The minimum Gasteiger partial charge on any atom is -0.302 e. The van der Waals surface area contributed by atoms with Gasteiger partial charge in [-0.3, -0.25) is 0 Å². The monoisotopic (exact) mass is 151 g/mol. The third-order valence-electron chi connectivity index (χ3n) is 3.81. The molecule has 1 heterocycles. The lowest BCUT2D eigenvalue weighted by molar-refractivity contribution is 0.275. The molecule has 3 rings (SSSR count). The van der Waals surface area contributed by atoms with Crippen molar-refractivity contribution in [3.8, 4) is 0 Å². The SMILES string of the molecule is CC12CC1CN(CC1CC1)C2. The summed E-state index contributed by atoms with van der Waals surface area (Å²) >= 11 is 0. The molecule has 0 aromatic rings. The van der Waals surface area contributed by atoms with Crippen LogP contribution in [0.2, 0.25) is 0 Å². The van der Waals surface area contributed by atoms with E-state index >= 15 is 0 Å². The third kappa shape index (κ3) is 1.01. The van der Waals surface area contributed by atoms with Crippen molar-refractivity contribution in [2.24, 2.45) is 17.3 Å². The van der Waals surface area contributed by atoms with Crippen molar-refractivity contribution in [1.82, 2.24) is 4.90 Å². The van der Waals surface area contributed by atoms with Crippen molar-refractivity contribution in [3.63, 3.8) is 0 Å². The number of likely N-dealkylation sites (tertiary alicyclic amines) is 1. The van der Waals surface area contributed by atoms with E-state index in [1.165, 1.54) is 38.9 Å². The summed E-state index contributed by atoms with van der Waals surface area (Å²) < 4.78 is 0. The van der Waals surface area contributed by atoms with E-state index < -0.39 is 0 Å². The van der Waals surface area contributed by atoms with Gasteiger partial charge in [0.25, 0.3) is 0 Å². The molecule has 1 aliphatic heterocycles. The Labute approximate surface area is 68.8 Å². The molecule has 2 unspecified atom stereocenters. The number of rotatable bonds is 2. The van der Waals surface area contributed by atoms with Crippen LogP contribution in [0.15, 0.2) is 0 Å². The summed E-state index contributed by atoms with van der Waals surface area (Å²) in [7, 11) is 0. The topological polar surface area (TPSA) is 3.24 Å². The molecule has 1 heteroatoms. The van der Waals surface area contributed by atoms with Crippen LogP contribution in [0, 0.1) is 17.3 Å². The first-order valence-corrected chi connectivity index (χ1v) is 4.99. The summed E-state index contributed by atoms with van der Waals surface area (Å²) in [4.78, 5) is 2.70. The second-order valence-corrected chi connectivity index (χ2v) is 5.19. The summed E-state index contributed by atoms with van der Waals surface area (Å²) in [6.45, 7) is 6.72. The highest BCUT2D eigenvalue weighted by molar-refractivity contribution is 5.07. The van der Waals surface area contributed by atoms with Crippen LogP contribution in [-0.4, -0.2) is 24.5 Å². The lowest BCUT2D eigenvalue weighted by Crippen LogP contribution is -2.26. The Hall–Kier alpha value is -0.0400. The third-order valence-corrected chi connectivity index (χ3v) is 3.81. The summed E-state index contributed by atoms with van der Waals surface area (Å²) in [6.07, 6.45) is 4.55. The second kappa shape index (κ2) is 1.82. The molecule has 2 saturated carbocycles. The van der Waals surface area contributed by atoms with Gasteiger partial charge in [-0.1, -0.05) is 6.92 Å². The van der Waals surface area contributed by atoms with Crippen LogP contribution in [0.5, 0.6) is 0 Å². The normalized spacial score (nSPS) is 49.4. The van der Waals surface area contributed by atoms with E-state index in [1.807, 2.05) is 0 Å². The van der Waals surface area contributed by atoms with Crippen LogP contribution in [0.25, 0.3) is 0 Å². The first-order valence-electron chi connectivity index (χ1n) is 4.99. The number of hydrogen-bond acceptors (Lipinski definition) is 1. The lowest BCUT2D eigenvalue weighted by Gasteiger charge is -2.18. The van der Waals surface area contributed by atoms with Gasteiger partial charge in [0.15, 0.2) is 0 Å². The largest absolute Gasteiger partial charge is 0.302 e. The summed E-state index contributed by atoms with van der Waals surface area (Å²) in [5.74, 6) is 2.18. The Morgan fingerprint density at radius 2 is 2.27 bits per heavy atom. The molecular weight excluding hydrogens is 134 g/mol. The molecule has 2 aliphatic carbocycles. The fourth-order valence-electron chi connectivity index (χ4n) is 2.67. The van der Waals surface area contributed by atoms with Crippen LogP contribution < -0.4 is 0 Å². The van der Waals surface area contributed by atoms with Crippen LogP contribution in [0.3, 0.4) is 0 Å². The van der Waals surface area contributed by atoms with Gasteiger partial charge in [0.2, 0.25) is 0 Å². The van der Waals surface area contributed by atoms with Crippen molar-refractivity contribution < 1.29 is 0 Å². The summed E-state index contributed by atoms with van der Waals surface area (Å²) in [6, 6.07) is 0. The molecule has 2 atom stereocenters. The second-order valence-electron chi connectivity index (χ2n) is 5.19. The van der Waals surface area contributed by atoms with Crippen LogP contribution in [0.4, 0.5) is 0 Å². The Bertz CT molecular complexity index is 183. The number of hydrogen-bond donors (Lipinski definition) is 0. The molecule has 3 aliphatic rings. The molecule has 11 heavy (non-hydrogen) atoms. The van der Waals surface area contributed by atoms with Gasteiger partial charge in [0, 0.05) is 19.6 Å². The number of fused-ring (bicyclic) bond motifs is 1. The van der Waals surface area contributed by atoms with Crippen LogP contribution in [0.1, 0.15) is 26.2 Å². The average Bonchev–Trinajstić information content (AvgIpc) is 2.77. The highest BCUT2D eigenvalue weighted by Gasteiger charge is 2.56. The predicted molar refractivity (Wildman–Crippen MR) is 45.4 cm³/mol. The molecule has 0 spiro atoms. The first-order chi connectivity index (χ1) is 5.26. The Morgan fingerprint density at radius 1 is 1.45 bits per heavy atom. The molecule has 1 nitrogen and oxygen atoms in total. The van der Waals surface area contributed by atoms with E-state index in [2.05, 4.69) is 11.8 Å². The molecule has 0 bridgehead atoms. The van der Waals surface area contributed by atoms with Crippen molar-refractivity contribution in [2.45, 2.75) is 26.2 Å². The minimum atomic E-state index is 0.773. The van der Waals surface area contributed by atoms with Crippen LogP contribution >= 0.6 is 0 Å². The molecule has 0 amide bonds. The smallest absolute Gasteiger partial charge is 0.00388 e. The fraction of sp³-hybridized carbons (Fsp3) is 1.00. The first kappa shape index (κ1) is 6.47. The predicted octanol–water partition coefficient (Wildman–Crippen LogP) is 1.74. The van der Waals surface area contributed by atoms with Crippen molar-refractivity contribution in [2.75, 3.05) is 19.6 Å². The molecular formula is C10H17N. The van der Waals surface area contributed by atoms with Gasteiger partial charge >= 0.3 is 0 Å². The zero-order valence-electron chi connectivity index (χ0n) is 7.34. The van der Waals surface area contributed by atoms with E-state index in [1.54, 1.807) is 0 Å². The Morgan fingerprint density at radius 3 is 2.82 bits per heavy atom. The summed E-state index contributed by atoms with van der Waals surface area (Å²) in [5.41, 5.74) is 0.773. The number of nitrogens with zero attached hydrogens (tertiary/aromatic N) is 1. The van der Waals surface area contributed by atoms with Gasteiger partial charge in [-0.15, -0.1) is 0 Å². The zero-order chi connectivity index (χ0) is 7.47. The van der Waals surface area contributed by atoms with Gasteiger partial charge in [0.05, 0.1) is 0 Å². The van der Waals surface area contributed by atoms with Gasteiger partial charge < -0.3 is 4.90 Å². The highest BCUT2D eigenvalue weighted by atomic mass is 15.2. The van der Waals surface area contributed by atoms with E-state index in [0.717, 1.165) is 17.3 Å². The zero-order valence-corrected chi connectivity index (χ0v) is 7.34. The molecule has 3 fully saturated rings. The van der Waals surface area contributed by atoms with Crippen LogP contribution in [-0.2, 0) is 0 Å². The average molecular weight is 151 g/mol. The highest BCUT2D eigenvalue weighted by Crippen LogP contribution is 2.57. The number of piperidine rings is 1. The van der Waals surface area contributed by atoms with Gasteiger partial charge in [-0.25, -0.2) is 0 Å². The minimum absolute atomic E-state index is 0.773. The van der Waals surface area contributed by atoms with E-state index in [0.29, 0.717) is 0 Å². The van der Waals surface area contributed by atoms with E-state index in [9.17, 15) is 0 Å². The molecule has 0 N–H and O–H groups in total. The lowest BCUT2D eigenvalue weighted by atomic mass is 10.1. The Balaban J connectivity index is 1.58. The van der Waals surface area contributed by atoms with Crippen molar-refractivity contribution >= 4 is 0 Å². The Kier molecular flexibility index (Phi) is 1.07. The van der Waals surface area contributed by atoms with E-state index in [4.69, 9.17) is 0 Å². The summed E-state index contributed by atoms with van der Waals surface area (Å²) in [5, 5.41) is 0.